The molecular weight excluding hydrogens is 176 g/mol. The topological polar surface area (TPSA) is 83.8 Å². The zero-order valence-electron chi connectivity index (χ0n) is 7.69. The SMILES string of the molecule is CCCC(C)OC(=O)C(O)C(=O)O. The molecule has 2 atom stereocenters. The van der Waals surface area contributed by atoms with Crippen LogP contribution in [-0.2, 0) is 14.3 Å². The monoisotopic (exact) mass is 190 g/mol. The average Bonchev–Trinajstić information content (AvgIpc) is 2.03. The van der Waals surface area contributed by atoms with Crippen molar-refractivity contribution >= 4 is 11.9 Å². The Hall–Kier alpha value is -1.10. The number of carbonyl (C=O) groups excluding carboxylic acids is 1. The van der Waals surface area contributed by atoms with Gasteiger partial charge >= 0.3 is 11.9 Å². The van der Waals surface area contributed by atoms with Crippen LogP contribution in [0.15, 0.2) is 0 Å². The molecule has 0 rings (SSSR count). The van der Waals surface area contributed by atoms with Crippen LogP contribution in [0.5, 0.6) is 0 Å². The lowest BCUT2D eigenvalue weighted by Gasteiger charge is -2.13. The van der Waals surface area contributed by atoms with E-state index in [-0.39, 0.29) is 6.10 Å². The highest BCUT2D eigenvalue weighted by Gasteiger charge is 2.25. The number of hydrogen-bond donors (Lipinski definition) is 2. The first kappa shape index (κ1) is 11.9. The number of carboxylic acid groups (broad SMARTS) is 1. The maximum Gasteiger partial charge on any atom is 0.347 e. The van der Waals surface area contributed by atoms with Crippen LogP contribution in [0.3, 0.4) is 0 Å². The summed E-state index contributed by atoms with van der Waals surface area (Å²) in [4.78, 5) is 20.9. The van der Waals surface area contributed by atoms with E-state index in [2.05, 4.69) is 4.74 Å². The fraction of sp³-hybridized carbons (Fsp3) is 0.750. The molecule has 0 saturated heterocycles. The molecule has 0 spiro atoms. The minimum absolute atomic E-state index is 0.355. The second-order valence-electron chi connectivity index (χ2n) is 2.78. The number of aliphatic hydroxyl groups is 1. The van der Waals surface area contributed by atoms with Gasteiger partial charge in [0.25, 0.3) is 0 Å². The van der Waals surface area contributed by atoms with E-state index in [1.54, 1.807) is 6.92 Å². The first-order valence-electron chi connectivity index (χ1n) is 4.10. The third kappa shape index (κ3) is 4.47. The number of aliphatic hydroxyl groups excluding tert-OH is 1. The van der Waals surface area contributed by atoms with Crippen molar-refractivity contribution in [3.63, 3.8) is 0 Å². The molecule has 76 valence electrons. The van der Waals surface area contributed by atoms with E-state index in [0.717, 1.165) is 6.42 Å². The van der Waals surface area contributed by atoms with E-state index < -0.39 is 18.0 Å². The van der Waals surface area contributed by atoms with Crippen molar-refractivity contribution < 1.29 is 24.5 Å². The predicted octanol–water partition coefficient (Wildman–Crippen LogP) is 0.164. The zero-order valence-corrected chi connectivity index (χ0v) is 7.69. The minimum atomic E-state index is -2.07. The van der Waals surface area contributed by atoms with Crippen LogP contribution >= 0.6 is 0 Å². The number of carboxylic acids is 1. The Morgan fingerprint density at radius 2 is 2.00 bits per heavy atom. The molecule has 0 aromatic rings. The summed E-state index contributed by atoms with van der Waals surface area (Å²) in [6.07, 6.45) is -0.943. The maximum atomic E-state index is 10.8. The van der Waals surface area contributed by atoms with E-state index in [9.17, 15) is 9.59 Å². The third-order valence-corrected chi connectivity index (χ3v) is 1.47. The average molecular weight is 190 g/mol. The van der Waals surface area contributed by atoms with E-state index in [1.807, 2.05) is 6.92 Å². The van der Waals surface area contributed by atoms with Crippen molar-refractivity contribution in [1.82, 2.24) is 0 Å². The Morgan fingerprint density at radius 3 is 2.38 bits per heavy atom. The molecule has 0 amide bonds. The van der Waals surface area contributed by atoms with Gasteiger partial charge in [-0.3, -0.25) is 0 Å². The molecule has 2 N–H and O–H groups in total. The quantitative estimate of drug-likeness (QED) is 0.476. The van der Waals surface area contributed by atoms with Gasteiger partial charge < -0.3 is 14.9 Å². The molecule has 0 radical (unpaired) electrons. The van der Waals surface area contributed by atoms with Crippen LogP contribution < -0.4 is 0 Å². The summed E-state index contributed by atoms with van der Waals surface area (Å²) in [7, 11) is 0. The van der Waals surface area contributed by atoms with Gasteiger partial charge in [0.05, 0.1) is 6.10 Å². The molecule has 0 heterocycles. The first-order valence-corrected chi connectivity index (χ1v) is 4.10. The lowest BCUT2D eigenvalue weighted by Crippen LogP contribution is -2.33. The van der Waals surface area contributed by atoms with Gasteiger partial charge in [0.15, 0.2) is 0 Å². The van der Waals surface area contributed by atoms with Crippen LogP contribution in [0, 0.1) is 0 Å². The maximum absolute atomic E-state index is 10.8. The number of esters is 1. The first-order chi connectivity index (χ1) is 5.99. The number of carbonyl (C=O) groups is 2. The molecule has 2 unspecified atom stereocenters. The Labute approximate surface area is 76.3 Å². The summed E-state index contributed by atoms with van der Waals surface area (Å²) >= 11 is 0. The molecule has 0 aliphatic heterocycles. The van der Waals surface area contributed by atoms with Crippen molar-refractivity contribution in [2.24, 2.45) is 0 Å². The summed E-state index contributed by atoms with van der Waals surface area (Å²) in [6, 6.07) is 0. The second-order valence-corrected chi connectivity index (χ2v) is 2.78. The van der Waals surface area contributed by atoms with Crippen molar-refractivity contribution in [3.05, 3.63) is 0 Å². The Bertz CT molecular complexity index is 189. The predicted molar refractivity (Wildman–Crippen MR) is 44.1 cm³/mol. The normalized spacial score (nSPS) is 14.7. The lowest BCUT2D eigenvalue weighted by molar-refractivity contribution is -0.168. The lowest BCUT2D eigenvalue weighted by atomic mass is 10.2. The van der Waals surface area contributed by atoms with E-state index in [0.29, 0.717) is 6.42 Å². The van der Waals surface area contributed by atoms with Crippen molar-refractivity contribution in [2.75, 3.05) is 0 Å². The summed E-state index contributed by atoms with van der Waals surface area (Å²) < 4.78 is 4.64. The largest absolute Gasteiger partial charge is 0.479 e. The molecular formula is C8H14O5. The molecule has 5 nitrogen and oxygen atoms in total. The molecule has 0 bridgehead atoms. The van der Waals surface area contributed by atoms with Gasteiger partial charge in [0.2, 0.25) is 6.10 Å². The van der Waals surface area contributed by atoms with Crippen LogP contribution in [0.1, 0.15) is 26.7 Å². The van der Waals surface area contributed by atoms with E-state index in [4.69, 9.17) is 10.2 Å². The van der Waals surface area contributed by atoms with Gasteiger partial charge in [-0.25, -0.2) is 9.59 Å². The van der Waals surface area contributed by atoms with Crippen molar-refractivity contribution in [2.45, 2.75) is 38.9 Å². The van der Waals surface area contributed by atoms with Crippen LogP contribution in [-0.4, -0.2) is 34.4 Å². The van der Waals surface area contributed by atoms with Gasteiger partial charge in [-0.1, -0.05) is 13.3 Å². The molecule has 0 aromatic carbocycles. The molecule has 5 heteroatoms. The van der Waals surface area contributed by atoms with Gasteiger partial charge in [0, 0.05) is 0 Å². The summed E-state index contributed by atoms with van der Waals surface area (Å²) in [5.74, 6) is -2.69. The van der Waals surface area contributed by atoms with Gasteiger partial charge in [-0.2, -0.15) is 0 Å². The third-order valence-electron chi connectivity index (χ3n) is 1.47. The molecule has 0 saturated carbocycles. The second kappa shape index (κ2) is 5.53. The van der Waals surface area contributed by atoms with E-state index >= 15 is 0 Å². The minimum Gasteiger partial charge on any atom is -0.479 e. The standard InChI is InChI=1S/C8H14O5/c1-3-4-5(2)13-8(12)6(9)7(10)11/h5-6,9H,3-4H2,1-2H3,(H,10,11). The van der Waals surface area contributed by atoms with Crippen LogP contribution in [0.2, 0.25) is 0 Å². The van der Waals surface area contributed by atoms with Crippen molar-refractivity contribution in [3.8, 4) is 0 Å². The number of ether oxygens (including phenoxy) is 1. The summed E-state index contributed by atoms with van der Waals surface area (Å²) in [5.41, 5.74) is 0. The molecule has 0 aromatic heterocycles. The highest BCUT2D eigenvalue weighted by Crippen LogP contribution is 2.02. The fourth-order valence-corrected chi connectivity index (χ4v) is 0.829. The zero-order chi connectivity index (χ0) is 10.4. The van der Waals surface area contributed by atoms with Crippen molar-refractivity contribution in [1.29, 1.82) is 0 Å². The molecule has 0 fully saturated rings. The number of rotatable bonds is 5. The Kier molecular flexibility index (Phi) is 5.06. The van der Waals surface area contributed by atoms with Gasteiger partial charge in [-0.15, -0.1) is 0 Å². The summed E-state index contributed by atoms with van der Waals surface area (Å²) in [5, 5.41) is 17.0. The fourth-order valence-electron chi connectivity index (χ4n) is 0.829. The van der Waals surface area contributed by atoms with Gasteiger partial charge in [-0.05, 0) is 13.3 Å². The highest BCUT2D eigenvalue weighted by molar-refractivity contribution is 5.96. The van der Waals surface area contributed by atoms with Crippen LogP contribution in [0.25, 0.3) is 0 Å². The summed E-state index contributed by atoms with van der Waals surface area (Å²) in [6.45, 7) is 3.56. The molecule has 0 aliphatic carbocycles. The number of aliphatic carboxylic acids is 1. The highest BCUT2D eigenvalue weighted by atomic mass is 16.6. The van der Waals surface area contributed by atoms with Crippen LogP contribution in [0.4, 0.5) is 0 Å². The Balaban J connectivity index is 3.92. The Morgan fingerprint density at radius 1 is 1.46 bits per heavy atom. The molecule has 13 heavy (non-hydrogen) atoms. The smallest absolute Gasteiger partial charge is 0.347 e. The number of hydrogen-bond acceptors (Lipinski definition) is 4. The molecule has 0 aliphatic rings. The van der Waals surface area contributed by atoms with E-state index in [1.165, 1.54) is 0 Å². The van der Waals surface area contributed by atoms with Gasteiger partial charge in [0.1, 0.15) is 0 Å².